The van der Waals surface area contributed by atoms with Crippen molar-refractivity contribution in [1.82, 2.24) is 9.99 Å². The molecule has 0 fully saturated rings. The normalized spacial score (nSPS) is 11.4. The zero-order valence-corrected chi connectivity index (χ0v) is 14.5. The number of hydrogen-bond donors (Lipinski definition) is 3. The molecule has 6 nitrogen and oxygen atoms in total. The Morgan fingerprint density at radius 1 is 1.00 bits per heavy atom. The van der Waals surface area contributed by atoms with Crippen LogP contribution in [0.1, 0.15) is 15.9 Å². The quantitative estimate of drug-likeness (QED) is 0.386. The number of benzene rings is 3. The van der Waals surface area contributed by atoms with Gasteiger partial charge >= 0.3 is 0 Å². The van der Waals surface area contributed by atoms with E-state index in [9.17, 15) is 15.0 Å². The maximum Gasteiger partial charge on any atom is 0.275 e. The number of hydrazone groups is 1. The van der Waals surface area contributed by atoms with Gasteiger partial charge in [-0.2, -0.15) is 5.10 Å². The van der Waals surface area contributed by atoms with Crippen molar-refractivity contribution in [1.29, 1.82) is 0 Å². The van der Waals surface area contributed by atoms with E-state index in [0.29, 0.717) is 0 Å². The summed E-state index contributed by atoms with van der Waals surface area (Å²) in [5, 5.41) is 25.2. The monoisotopic (exact) mass is 359 g/mol. The zero-order chi connectivity index (χ0) is 19.0. The average molecular weight is 359 g/mol. The molecule has 0 spiro atoms. The molecule has 0 saturated heterocycles. The van der Waals surface area contributed by atoms with Crippen molar-refractivity contribution in [3.63, 3.8) is 0 Å². The molecule has 3 N–H and O–H groups in total. The Kier molecular flexibility index (Phi) is 4.01. The van der Waals surface area contributed by atoms with Crippen LogP contribution in [0.3, 0.4) is 0 Å². The van der Waals surface area contributed by atoms with Crippen molar-refractivity contribution < 1.29 is 15.0 Å². The van der Waals surface area contributed by atoms with Crippen molar-refractivity contribution in [2.24, 2.45) is 12.1 Å². The summed E-state index contributed by atoms with van der Waals surface area (Å²) in [6.07, 6.45) is 1.55. The maximum atomic E-state index is 12.1. The number of phenolic OH excluding ortho intramolecular Hbond substituents is 2. The van der Waals surface area contributed by atoms with Gasteiger partial charge in [-0.25, -0.2) is 5.43 Å². The Morgan fingerprint density at radius 3 is 2.59 bits per heavy atom. The summed E-state index contributed by atoms with van der Waals surface area (Å²) in [5.74, 6) is -0.981. The van der Waals surface area contributed by atoms with Crippen LogP contribution in [-0.4, -0.2) is 26.9 Å². The molecule has 0 saturated carbocycles. The van der Waals surface area contributed by atoms with Gasteiger partial charge in [0.25, 0.3) is 5.91 Å². The predicted molar refractivity (Wildman–Crippen MR) is 105 cm³/mol. The highest BCUT2D eigenvalue weighted by atomic mass is 16.3. The Balaban J connectivity index is 1.60. The number of carbonyl (C=O) groups excluding carboxylic acids is 1. The average Bonchev–Trinajstić information content (AvgIpc) is 2.94. The summed E-state index contributed by atoms with van der Waals surface area (Å²) in [6, 6.07) is 17.9. The third kappa shape index (κ3) is 2.97. The minimum absolute atomic E-state index is 0.0365. The highest BCUT2D eigenvalue weighted by molar-refractivity contribution is 6.09. The van der Waals surface area contributed by atoms with Gasteiger partial charge in [-0.15, -0.1) is 0 Å². The highest BCUT2D eigenvalue weighted by Crippen LogP contribution is 2.28. The van der Waals surface area contributed by atoms with Crippen LogP contribution in [-0.2, 0) is 7.05 Å². The molecule has 0 unspecified atom stereocenters. The standard InChI is InChI=1S/C21H17N3O3/c1-24-18-5-3-2-4-15(18)17-10-13(6-9-19(17)24)12-22-23-21(27)16-8-7-14(25)11-20(16)26/h2-12,25-26H,1H3,(H,23,27)/b22-12-. The molecule has 1 aromatic heterocycles. The molecule has 0 aliphatic carbocycles. The number of aryl methyl sites for hydroxylation is 1. The molecular formula is C21H17N3O3. The van der Waals surface area contributed by atoms with Gasteiger partial charge in [0, 0.05) is 34.9 Å². The van der Waals surface area contributed by atoms with E-state index >= 15 is 0 Å². The number of para-hydroxylation sites is 1. The third-order valence-corrected chi connectivity index (χ3v) is 4.54. The van der Waals surface area contributed by atoms with Crippen LogP contribution < -0.4 is 5.43 Å². The van der Waals surface area contributed by atoms with Gasteiger partial charge in [0.05, 0.1) is 11.8 Å². The fraction of sp³-hybridized carbons (Fsp3) is 0.0476. The fourth-order valence-electron chi connectivity index (χ4n) is 3.20. The second-order valence-electron chi connectivity index (χ2n) is 6.25. The number of phenols is 2. The highest BCUT2D eigenvalue weighted by Gasteiger charge is 2.11. The van der Waals surface area contributed by atoms with Gasteiger partial charge in [-0.1, -0.05) is 24.3 Å². The second-order valence-corrected chi connectivity index (χ2v) is 6.25. The minimum Gasteiger partial charge on any atom is -0.508 e. The van der Waals surface area contributed by atoms with Crippen LogP contribution in [0.5, 0.6) is 11.5 Å². The molecule has 0 aliphatic rings. The number of rotatable bonds is 3. The SMILES string of the molecule is Cn1c2ccccc2c2cc(/C=N\NC(=O)c3ccc(O)cc3O)ccc21. The van der Waals surface area contributed by atoms with E-state index in [1.165, 1.54) is 12.1 Å². The van der Waals surface area contributed by atoms with Crippen molar-refractivity contribution >= 4 is 33.9 Å². The number of nitrogens with one attached hydrogen (secondary N) is 1. The number of hydrogen-bond acceptors (Lipinski definition) is 4. The first-order valence-corrected chi connectivity index (χ1v) is 8.37. The first-order chi connectivity index (χ1) is 13.0. The van der Waals surface area contributed by atoms with Crippen LogP contribution in [0, 0.1) is 0 Å². The molecule has 0 atom stereocenters. The van der Waals surface area contributed by atoms with Crippen LogP contribution >= 0.6 is 0 Å². The fourth-order valence-corrected chi connectivity index (χ4v) is 3.20. The molecule has 3 aromatic carbocycles. The number of nitrogens with zero attached hydrogens (tertiary/aromatic N) is 2. The van der Waals surface area contributed by atoms with Crippen LogP contribution in [0.25, 0.3) is 21.8 Å². The molecule has 1 heterocycles. The number of carbonyl (C=O) groups is 1. The molecule has 4 aromatic rings. The van der Waals surface area contributed by atoms with E-state index in [4.69, 9.17) is 0 Å². The Labute approximate surface area is 155 Å². The van der Waals surface area contributed by atoms with E-state index in [1.54, 1.807) is 6.21 Å². The lowest BCUT2D eigenvalue weighted by Crippen LogP contribution is -2.17. The summed E-state index contributed by atoms with van der Waals surface area (Å²) in [5.41, 5.74) is 5.53. The second kappa shape index (κ2) is 6.49. The molecule has 1 amide bonds. The van der Waals surface area contributed by atoms with Crippen molar-refractivity contribution in [3.05, 3.63) is 71.8 Å². The molecule has 6 heteroatoms. The van der Waals surface area contributed by atoms with Crippen molar-refractivity contribution in [2.45, 2.75) is 0 Å². The Bertz CT molecular complexity index is 1210. The van der Waals surface area contributed by atoms with Crippen LogP contribution in [0.15, 0.2) is 65.8 Å². The molecule has 4 rings (SSSR count). The zero-order valence-electron chi connectivity index (χ0n) is 14.5. The van der Waals surface area contributed by atoms with Crippen molar-refractivity contribution in [3.8, 4) is 11.5 Å². The lowest BCUT2D eigenvalue weighted by atomic mass is 10.1. The smallest absolute Gasteiger partial charge is 0.275 e. The topological polar surface area (TPSA) is 86.9 Å². The first kappa shape index (κ1) is 16.7. The Hall–Kier alpha value is -3.80. The predicted octanol–water partition coefficient (Wildman–Crippen LogP) is 3.51. The lowest BCUT2D eigenvalue weighted by Gasteiger charge is -2.03. The number of amides is 1. The van der Waals surface area contributed by atoms with Gasteiger partial charge in [-0.05, 0) is 35.9 Å². The molecule has 0 aliphatic heterocycles. The molecule has 0 bridgehead atoms. The van der Waals surface area contributed by atoms with Crippen LogP contribution in [0.2, 0.25) is 0 Å². The summed E-state index contributed by atoms with van der Waals surface area (Å²) in [7, 11) is 2.03. The summed E-state index contributed by atoms with van der Waals surface area (Å²) < 4.78 is 2.14. The van der Waals surface area contributed by atoms with E-state index in [-0.39, 0.29) is 17.1 Å². The van der Waals surface area contributed by atoms with E-state index in [0.717, 1.165) is 33.4 Å². The molecule has 0 radical (unpaired) electrons. The number of aromatic hydroxyl groups is 2. The molecule has 134 valence electrons. The van der Waals surface area contributed by atoms with E-state index in [2.05, 4.69) is 27.2 Å². The van der Waals surface area contributed by atoms with Gasteiger partial charge < -0.3 is 14.8 Å². The Morgan fingerprint density at radius 2 is 1.78 bits per heavy atom. The lowest BCUT2D eigenvalue weighted by molar-refractivity contribution is 0.0952. The maximum absolute atomic E-state index is 12.1. The van der Waals surface area contributed by atoms with E-state index in [1.807, 2.05) is 37.4 Å². The number of fused-ring (bicyclic) bond motifs is 3. The van der Waals surface area contributed by atoms with Gasteiger partial charge in [0.1, 0.15) is 11.5 Å². The summed E-state index contributed by atoms with van der Waals surface area (Å²) >= 11 is 0. The number of aromatic nitrogens is 1. The minimum atomic E-state index is -0.560. The first-order valence-electron chi connectivity index (χ1n) is 8.37. The molecular weight excluding hydrogens is 342 g/mol. The van der Waals surface area contributed by atoms with Crippen molar-refractivity contribution in [2.75, 3.05) is 0 Å². The van der Waals surface area contributed by atoms with Gasteiger partial charge in [-0.3, -0.25) is 4.79 Å². The van der Waals surface area contributed by atoms with E-state index < -0.39 is 5.91 Å². The third-order valence-electron chi connectivity index (χ3n) is 4.54. The van der Waals surface area contributed by atoms with Gasteiger partial charge in [0.2, 0.25) is 0 Å². The van der Waals surface area contributed by atoms with Gasteiger partial charge in [0.15, 0.2) is 0 Å². The van der Waals surface area contributed by atoms with Crippen LogP contribution in [0.4, 0.5) is 0 Å². The molecule has 27 heavy (non-hydrogen) atoms. The summed E-state index contributed by atoms with van der Waals surface area (Å²) in [6.45, 7) is 0. The summed E-state index contributed by atoms with van der Waals surface area (Å²) in [4.78, 5) is 12.1. The largest absolute Gasteiger partial charge is 0.508 e.